The zero-order chi connectivity index (χ0) is 19.8. The first kappa shape index (κ1) is 19.7. The molecule has 0 atom stereocenters. The molecule has 28 heavy (non-hydrogen) atoms. The van der Waals surface area contributed by atoms with Crippen LogP contribution in [0.15, 0.2) is 78.9 Å². The Balaban J connectivity index is 1.63. The summed E-state index contributed by atoms with van der Waals surface area (Å²) in [4.78, 5) is 12.8. The molecule has 144 valence electrons. The van der Waals surface area contributed by atoms with Gasteiger partial charge in [-0.3, -0.25) is 4.79 Å². The van der Waals surface area contributed by atoms with Crippen LogP contribution in [0, 0.1) is 0 Å². The molecule has 1 N–H and O–H groups in total. The summed E-state index contributed by atoms with van der Waals surface area (Å²) in [6, 6.07) is 26.0. The van der Waals surface area contributed by atoms with Crippen molar-refractivity contribution in [3.63, 3.8) is 0 Å². The molecule has 0 spiro atoms. The third-order valence-corrected chi connectivity index (χ3v) is 4.51. The summed E-state index contributed by atoms with van der Waals surface area (Å²) in [6.07, 6.45) is 1.88. The molecule has 0 fully saturated rings. The number of ether oxygens (including phenoxy) is 1. The second-order valence-corrected chi connectivity index (χ2v) is 7.14. The Bertz CT molecular complexity index is 903. The second kappa shape index (κ2) is 9.75. The maximum Gasteiger partial charge on any atom is 0.251 e. The largest absolute Gasteiger partial charge is 0.491 e. The molecule has 0 aromatic heterocycles. The maximum absolute atomic E-state index is 12.8. The topological polar surface area (TPSA) is 38.3 Å². The van der Waals surface area contributed by atoms with Crippen molar-refractivity contribution in [1.29, 1.82) is 0 Å². The first-order valence-corrected chi connectivity index (χ1v) is 9.77. The van der Waals surface area contributed by atoms with Gasteiger partial charge < -0.3 is 10.1 Å². The Hall–Kier alpha value is -3.07. The Kier molecular flexibility index (Phi) is 6.85. The molecular weight excluding hydrogens is 346 g/mol. The molecular formula is C25H27NO2. The highest BCUT2D eigenvalue weighted by Gasteiger charge is 2.11. The lowest BCUT2D eigenvalue weighted by Gasteiger charge is -2.12. The lowest BCUT2D eigenvalue weighted by molar-refractivity contribution is 0.0950. The quantitative estimate of drug-likeness (QED) is 0.590. The summed E-state index contributed by atoms with van der Waals surface area (Å²) in [5.41, 5.74) is 4.11. The van der Waals surface area contributed by atoms with Gasteiger partial charge in [-0.05, 0) is 61.6 Å². The van der Waals surface area contributed by atoms with Crippen LogP contribution in [-0.2, 0) is 19.4 Å². The van der Waals surface area contributed by atoms with E-state index in [1.807, 2.05) is 80.6 Å². The Morgan fingerprint density at radius 2 is 1.57 bits per heavy atom. The third kappa shape index (κ3) is 5.71. The minimum Gasteiger partial charge on any atom is -0.491 e. The van der Waals surface area contributed by atoms with Gasteiger partial charge in [0.05, 0.1) is 6.10 Å². The zero-order valence-corrected chi connectivity index (χ0v) is 16.5. The van der Waals surface area contributed by atoms with Crippen molar-refractivity contribution in [1.82, 2.24) is 5.32 Å². The molecule has 0 aliphatic heterocycles. The average Bonchev–Trinajstić information content (AvgIpc) is 2.71. The van der Waals surface area contributed by atoms with Crippen molar-refractivity contribution < 1.29 is 9.53 Å². The van der Waals surface area contributed by atoms with Crippen LogP contribution >= 0.6 is 0 Å². The summed E-state index contributed by atoms with van der Waals surface area (Å²) in [5.74, 6) is 0.781. The summed E-state index contributed by atoms with van der Waals surface area (Å²) >= 11 is 0. The van der Waals surface area contributed by atoms with Gasteiger partial charge in [0.2, 0.25) is 0 Å². The highest BCUT2D eigenvalue weighted by atomic mass is 16.5. The molecule has 0 unspecified atom stereocenters. The van der Waals surface area contributed by atoms with Crippen LogP contribution in [0.5, 0.6) is 5.75 Å². The monoisotopic (exact) mass is 373 g/mol. The number of aryl methyl sites for hydroxylation is 2. The number of hydrogen-bond acceptors (Lipinski definition) is 2. The van der Waals surface area contributed by atoms with Crippen LogP contribution in [0.4, 0.5) is 0 Å². The van der Waals surface area contributed by atoms with E-state index in [9.17, 15) is 4.79 Å². The van der Waals surface area contributed by atoms with E-state index in [2.05, 4.69) is 17.4 Å². The van der Waals surface area contributed by atoms with Crippen molar-refractivity contribution in [3.05, 3.63) is 101 Å². The van der Waals surface area contributed by atoms with Crippen LogP contribution in [0.2, 0.25) is 0 Å². The van der Waals surface area contributed by atoms with Crippen LogP contribution < -0.4 is 10.1 Å². The third-order valence-electron chi connectivity index (χ3n) is 4.51. The van der Waals surface area contributed by atoms with E-state index in [-0.39, 0.29) is 12.0 Å². The first-order valence-electron chi connectivity index (χ1n) is 9.77. The fourth-order valence-electron chi connectivity index (χ4n) is 3.16. The lowest BCUT2D eigenvalue weighted by atomic mass is 9.99. The molecule has 0 heterocycles. The molecule has 3 aromatic rings. The Morgan fingerprint density at radius 3 is 2.36 bits per heavy atom. The molecule has 0 radical (unpaired) electrons. The molecule has 3 rings (SSSR count). The fourth-order valence-corrected chi connectivity index (χ4v) is 3.16. The fraction of sp³-hybridized carbons (Fsp3) is 0.240. The van der Waals surface area contributed by atoms with Gasteiger partial charge in [0.15, 0.2) is 0 Å². The van der Waals surface area contributed by atoms with Crippen molar-refractivity contribution >= 4 is 5.91 Å². The van der Waals surface area contributed by atoms with Gasteiger partial charge in [0.1, 0.15) is 5.75 Å². The van der Waals surface area contributed by atoms with Crippen LogP contribution in [-0.4, -0.2) is 12.0 Å². The molecule has 0 saturated heterocycles. The van der Waals surface area contributed by atoms with E-state index in [1.54, 1.807) is 0 Å². The van der Waals surface area contributed by atoms with E-state index in [1.165, 1.54) is 5.56 Å². The van der Waals surface area contributed by atoms with Crippen molar-refractivity contribution in [2.24, 2.45) is 0 Å². The maximum atomic E-state index is 12.8. The van der Waals surface area contributed by atoms with Gasteiger partial charge in [0, 0.05) is 12.1 Å². The molecule has 0 aliphatic carbocycles. The molecule has 3 aromatic carbocycles. The van der Waals surface area contributed by atoms with Crippen LogP contribution in [0.1, 0.15) is 40.9 Å². The Morgan fingerprint density at radius 1 is 0.857 bits per heavy atom. The standard InChI is InChI=1S/C25H27NO2/c1-19(2)28-23-13-8-11-21(17-23)18-26-25(27)24-14-7-6-12-22(24)16-15-20-9-4-3-5-10-20/h3-14,17,19H,15-16,18H2,1-2H3,(H,26,27). The minimum atomic E-state index is -0.0427. The van der Waals surface area contributed by atoms with Crippen LogP contribution in [0.25, 0.3) is 0 Å². The number of nitrogens with one attached hydrogen (secondary N) is 1. The zero-order valence-electron chi connectivity index (χ0n) is 16.5. The number of carbonyl (C=O) groups excluding carboxylic acids is 1. The molecule has 1 amide bonds. The van der Waals surface area contributed by atoms with Gasteiger partial charge in [-0.1, -0.05) is 60.7 Å². The van der Waals surface area contributed by atoms with Gasteiger partial charge in [-0.15, -0.1) is 0 Å². The van der Waals surface area contributed by atoms with E-state index >= 15 is 0 Å². The highest BCUT2D eigenvalue weighted by molar-refractivity contribution is 5.95. The minimum absolute atomic E-state index is 0.0427. The van der Waals surface area contributed by atoms with E-state index in [0.717, 1.165) is 35.3 Å². The smallest absolute Gasteiger partial charge is 0.251 e. The van der Waals surface area contributed by atoms with Crippen molar-refractivity contribution in [2.45, 2.75) is 39.3 Å². The summed E-state index contributed by atoms with van der Waals surface area (Å²) in [6.45, 7) is 4.47. The molecule has 0 bridgehead atoms. The number of hydrogen-bond donors (Lipinski definition) is 1. The number of rotatable bonds is 8. The van der Waals surface area contributed by atoms with Gasteiger partial charge >= 0.3 is 0 Å². The molecule has 3 nitrogen and oxygen atoms in total. The van der Waals surface area contributed by atoms with E-state index in [0.29, 0.717) is 6.54 Å². The first-order chi connectivity index (χ1) is 13.6. The van der Waals surface area contributed by atoms with Gasteiger partial charge in [-0.2, -0.15) is 0 Å². The number of benzene rings is 3. The SMILES string of the molecule is CC(C)Oc1cccc(CNC(=O)c2ccccc2CCc2ccccc2)c1. The number of amides is 1. The van der Waals surface area contributed by atoms with Crippen molar-refractivity contribution in [3.8, 4) is 5.75 Å². The second-order valence-electron chi connectivity index (χ2n) is 7.14. The summed E-state index contributed by atoms with van der Waals surface area (Å²) in [7, 11) is 0. The number of carbonyl (C=O) groups is 1. The molecule has 3 heteroatoms. The Labute approximate surface area is 167 Å². The summed E-state index contributed by atoms with van der Waals surface area (Å²) < 4.78 is 5.73. The summed E-state index contributed by atoms with van der Waals surface area (Å²) in [5, 5.41) is 3.04. The van der Waals surface area contributed by atoms with Gasteiger partial charge in [-0.25, -0.2) is 0 Å². The van der Waals surface area contributed by atoms with Crippen molar-refractivity contribution in [2.75, 3.05) is 0 Å². The predicted octanol–water partition coefficient (Wildman–Crippen LogP) is 5.19. The van der Waals surface area contributed by atoms with E-state index in [4.69, 9.17) is 4.74 Å². The highest BCUT2D eigenvalue weighted by Crippen LogP contribution is 2.16. The van der Waals surface area contributed by atoms with Crippen LogP contribution in [0.3, 0.4) is 0 Å². The van der Waals surface area contributed by atoms with Gasteiger partial charge in [0.25, 0.3) is 5.91 Å². The normalized spacial score (nSPS) is 10.7. The molecule has 0 saturated carbocycles. The predicted molar refractivity (Wildman–Crippen MR) is 114 cm³/mol. The average molecular weight is 373 g/mol. The molecule has 0 aliphatic rings. The van der Waals surface area contributed by atoms with E-state index < -0.39 is 0 Å². The lowest BCUT2D eigenvalue weighted by Crippen LogP contribution is -2.24.